The predicted octanol–water partition coefficient (Wildman–Crippen LogP) is 3.84. The summed E-state index contributed by atoms with van der Waals surface area (Å²) in [4.78, 5) is 4.43. The van der Waals surface area contributed by atoms with Gasteiger partial charge in [0, 0.05) is 12.5 Å². The average molecular weight is 237 g/mol. The molecule has 0 bridgehead atoms. The Morgan fingerprint density at radius 1 is 1.18 bits per heavy atom. The summed E-state index contributed by atoms with van der Waals surface area (Å²) >= 11 is 0. The second kappa shape index (κ2) is 6.77. The van der Waals surface area contributed by atoms with Gasteiger partial charge in [-0.3, -0.25) is 4.68 Å². The predicted molar refractivity (Wildman–Crippen MR) is 72.0 cm³/mol. The minimum Gasteiger partial charge on any atom is -0.256 e. The lowest BCUT2D eigenvalue weighted by molar-refractivity contribution is 0.372. The van der Waals surface area contributed by atoms with Gasteiger partial charge >= 0.3 is 0 Å². The highest BCUT2D eigenvalue weighted by Crippen LogP contribution is 2.30. The van der Waals surface area contributed by atoms with Crippen molar-refractivity contribution in [3.8, 4) is 0 Å². The fourth-order valence-electron chi connectivity index (χ4n) is 2.18. The first kappa shape index (κ1) is 14.2. The molecule has 0 spiro atoms. The molecule has 0 radical (unpaired) electrons. The first-order valence-electron chi connectivity index (χ1n) is 6.98. The Morgan fingerprint density at radius 3 is 2.41 bits per heavy atom. The molecule has 1 heterocycles. The highest BCUT2D eigenvalue weighted by molar-refractivity contribution is 5.03. The van der Waals surface area contributed by atoms with Crippen molar-refractivity contribution < 1.29 is 0 Å². The molecule has 3 nitrogen and oxygen atoms in total. The van der Waals surface area contributed by atoms with E-state index in [1.807, 2.05) is 7.05 Å². The van der Waals surface area contributed by atoms with Crippen LogP contribution in [0.5, 0.6) is 0 Å². The average Bonchev–Trinajstić information content (AvgIpc) is 2.76. The maximum Gasteiger partial charge on any atom is 0.156 e. The topological polar surface area (TPSA) is 30.7 Å². The van der Waals surface area contributed by atoms with Crippen molar-refractivity contribution in [1.29, 1.82) is 0 Å². The highest BCUT2D eigenvalue weighted by Gasteiger charge is 2.27. The summed E-state index contributed by atoms with van der Waals surface area (Å²) in [6.07, 6.45) is 10.8. The zero-order valence-electron chi connectivity index (χ0n) is 11.9. The maximum absolute atomic E-state index is 4.47. The van der Waals surface area contributed by atoms with Crippen LogP contribution in [0.15, 0.2) is 6.33 Å². The Morgan fingerprint density at radius 2 is 1.88 bits per heavy atom. The Kier molecular flexibility index (Phi) is 5.66. The van der Waals surface area contributed by atoms with Gasteiger partial charge < -0.3 is 0 Å². The van der Waals surface area contributed by atoms with E-state index in [4.69, 9.17) is 0 Å². The lowest BCUT2D eigenvalue weighted by Gasteiger charge is -2.24. The van der Waals surface area contributed by atoms with Crippen LogP contribution < -0.4 is 0 Å². The van der Waals surface area contributed by atoms with Crippen molar-refractivity contribution in [2.45, 2.75) is 71.1 Å². The molecule has 0 aliphatic carbocycles. The van der Waals surface area contributed by atoms with Crippen LogP contribution in [0, 0.1) is 0 Å². The molecule has 0 N–H and O–H groups in total. The molecular weight excluding hydrogens is 210 g/mol. The molecule has 17 heavy (non-hydrogen) atoms. The zero-order valence-corrected chi connectivity index (χ0v) is 11.9. The van der Waals surface area contributed by atoms with E-state index in [0.29, 0.717) is 0 Å². The standard InChI is InChI=1S/C14H27N3/c1-5-7-8-9-10-11-14(3,6-2)13-15-12-17(4)16-13/h12H,5-11H2,1-4H3. The van der Waals surface area contributed by atoms with Crippen molar-refractivity contribution >= 4 is 0 Å². The fourth-order valence-corrected chi connectivity index (χ4v) is 2.18. The Bertz CT molecular complexity index is 319. The van der Waals surface area contributed by atoms with Gasteiger partial charge in [0.1, 0.15) is 6.33 Å². The third-order valence-electron chi connectivity index (χ3n) is 3.75. The van der Waals surface area contributed by atoms with Crippen molar-refractivity contribution in [2.75, 3.05) is 0 Å². The van der Waals surface area contributed by atoms with E-state index in [0.717, 1.165) is 12.2 Å². The molecule has 1 rings (SSSR count). The normalized spacial score (nSPS) is 14.8. The summed E-state index contributed by atoms with van der Waals surface area (Å²) in [5.74, 6) is 1.01. The SMILES string of the molecule is CCCCCCCC(C)(CC)c1ncn(C)n1. The first-order chi connectivity index (χ1) is 8.12. The molecule has 1 unspecified atom stereocenters. The van der Waals surface area contributed by atoms with Crippen LogP contribution in [-0.4, -0.2) is 14.8 Å². The van der Waals surface area contributed by atoms with E-state index in [9.17, 15) is 0 Å². The second-order valence-electron chi connectivity index (χ2n) is 5.32. The molecule has 0 aliphatic heterocycles. The van der Waals surface area contributed by atoms with Crippen molar-refractivity contribution in [1.82, 2.24) is 14.8 Å². The molecule has 0 aliphatic rings. The molecule has 0 fully saturated rings. The minimum atomic E-state index is 0.160. The molecule has 1 aromatic heterocycles. The molecule has 0 aromatic carbocycles. The minimum absolute atomic E-state index is 0.160. The second-order valence-corrected chi connectivity index (χ2v) is 5.32. The zero-order chi connectivity index (χ0) is 12.7. The van der Waals surface area contributed by atoms with Gasteiger partial charge in [-0.1, -0.05) is 52.9 Å². The largest absolute Gasteiger partial charge is 0.256 e. The molecule has 3 heteroatoms. The smallest absolute Gasteiger partial charge is 0.156 e. The number of aryl methyl sites for hydroxylation is 1. The number of nitrogens with zero attached hydrogens (tertiary/aromatic N) is 3. The summed E-state index contributed by atoms with van der Waals surface area (Å²) in [6.45, 7) is 6.79. The van der Waals surface area contributed by atoms with E-state index >= 15 is 0 Å². The van der Waals surface area contributed by atoms with Gasteiger partial charge in [-0.25, -0.2) is 4.98 Å². The van der Waals surface area contributed by atoms with E-state index in [2.05, 4.69) is 30.9 Å². The molecule has 0 saturated heterocycles. The molecular formula is C14H27N3. The van der Waals surface area contributed by atoms with Crippen LogP contribution in [0.2, 0.25) is 0 Å². The van der Waals surface area contributed by atoms with Crippen LogP contribution in [0.4, 0.5) is 0 Å². The molecule has 0 amide bonds. The maximum atomic E-state index is 4.47. The number of hydrogen-bond acceptors (Lipinski definition) is 2. The van der Waals surface area contributed by atoms with Gasteiger partial charge in [-0.15, -0.1) is 0 Å². The fraction of sp³-hybridized carbons (Fsp3) is 0.857. The van der Waals surface area contributed by atoms with Crippen LogP contribution >= 0.6 is 0 Å². The highest BCUT2D eigenvalue weighted by atomic mass is 15.3. The summed E-state index contributed by atoms with van der Waals surface area (Å²) < 4.78 is 1.81. The quantitative estimate of drug-likeness (QED) is 0.643. The van der Waals surface area contributed by atoms with Gasteiger partial charge in [0.05, 0.1) is 0 Å². The third-order valence-corrected chi connectivity index (χ3v) is 3.75. The third kappa shape index (κ3) is 4.14. The van der Waals surface area contributed by atoms with Gasteiger partial charge in [-0.2, -0.15) is 5.10 Å². The van der Waals surface area contributed by atoms with E-state index in [-0.39, 0.29) is 5.41 Å². The molecule has 1 aromatic rings. The van der Waals surface area contributed by atoms with Crippen LogP contribution in [0.25, 0.3) is 0 Å². The lowest BCUT2D eigenvalue weighted by atomic mass is 9.81. The van der Waals surface area contributed by atoms with Crippen LogP contribution in [-0.2, 0) is 12.5 Å². The van der Waals surface area contributed by atoms with Gasteiger partial charge in [0.25, 0.3) is 0 Å². The molecule has 0 saturated carbocycles. The molecule has 98 valence electrons. The summed E-state index contributed by atoms with van der Waals surface area (Å²) in [7, 11) is 1.94. The molecule has 1 atom stereocenters. The van der Waals surface area contributed by atoms with Crippen molar-refractivity contribution in [3.05, 3.63) is 12.2 Å². The number of hydrogen-bond donors (Lipinski definition) is 0. The van der Waals surface area contributed by atoms with E-state index < -0.39 is 0 Å². The van der Waals surface area contributed by atoms with Crippen LogP contribution in [0.3, 0.4) is 0 Å². The monoisotopic (exact) mass is 237 g/mol. The van der Waals surface area contributed by atoms with Gasteiger partial charge in [0.15, 0.2) is 5.82 Å². The van der Waals surface area contributed by atoms with Gasteiger partial charge in [-0.05, 0) is 12.8 Å². The number of rotatable bonds is 8. The Labute approximate surface area is 106 Å². The lowest BCUT2D eigenvalue weighted by Crippen LogP contribution is -2.23. The Balaban J connectivity index is 2.46. The van der Waals surface area contributed by atoms with E-state index in [1.54, 1.807) is 11.0 Å². The van der Waals surface area contributed by atoms with Crippen LogP contribution in [0.1, 0.15) is 71.5 Å². The van der Waals surface area contributed by atoms with Crippen molar-refractivity contribution in [3.63, 3.8) is 0 Å². The van der Waals surface area contributed by atoms with Gasteiger partial charge in [0.2, 0.25) is 0 Å². The number of unbranched alkanes of at least 4 members (excludes halogenated alkanes) is 4. The van der Waals surface area contributed by atoms with E-state index in [1.165, 1.54) is 38.5 Å². The summed E-state index contributed by atoms with van der Waals surface area (Å²) in [5.41, 5.74) is 0.160. The number of aromatic nitrogens is 3. The summed E-state index contributed by atoms with van der Waals surface area (Å²) in [6, 6.07) is 0. The first-order valence-corrected chi connectivity index (χ1v) is 6.98. The Hall–Kier alpha value is -0.860. The van der Waals surface area contributed by atoms with Crippen molar-refractivity contribution in [2.24, 2.45) is 7.05 Å². The summed E-state index contributed by atoms with van der Waals surface area (Å²) in [5, 5.41) is 4.47.